The maximum atomic E-state index is 13.5. The zero-order chi connectivity index (χ0) is 16.6. The molecule has 0 aliphatic heterocycles. The van der Waals surface area contributed by atoms with Gasteiger partial charge in [-0.2, -0.15) is 5.10 Å². The molecule has 0 saturated heterocycles. The molecule has 1 amide bonds. The van der Waals surface area contributed by atoms with Gasteiger partial charge in [-0.25, -0.2) is 13.5 Å². The van der Waals surface area contributed by atoms with Gasteiger partial charge in [-0.05, 0) is 38.3 Å². The van der Waals surface area contributed by atoms with Crippen LogP contribution >= 0.6 is 0 Å². The molecule has 2 aromatic rings. The van der Waals surface area contributed by atoms with Crippen molar-refractivity contribution < 1.29 is 18.7 Å². The van der Waals surface area contributed by atoms with Crippen LogP contribution in [0.4, 0.5) is 8.78 Å². The van der Waals surface area contributed by atoms with Crippen LogP contribution in [0.1, 0.15) is 35.1 Å². The third kappa shape index (κ3) is 2.84. The molecule has 3 rings (SSSR count). The number of aromatic nitrogens is 2. The molecule has 0 bridgehead atoms. The Morgan fingerprint density at radius 1 is 1.39 bits per heavy atom. The van der Waals surface area contributed by atoms with Gasteiger partial charge in [0.1, 0.15) is 0 Å². The number of hydrogen-bond donors (Lipinski definition) is 2. The van der Waals surface area contributed by atoms with Crippen molar-refractivity contribution in [1.82, 2.24) is 15.1 Å². The number of nitrogens with one attached hydrogen (secondary N) is 1. The fourth-order valence-electron chi connectivity index (χ4n) is 2.79. The number of aliphatic hydroxyl groups excluding tert-OH is 1. The van der Waals surface area contributed by atoms with Crippen molar-refractivity contribution in [1.29, 1.82) is 0 Å². The van der Waals surface area contributed by atoms with Crippen LogP contribution in [0, 0.1) is 11.6 Å². The fourth-order valence-corrected chi connectivity index (χ4v) is 2.79. The first-order valence-electron chi connectivity index (χ1n) is 7.49. The van der Waals surface area contributed by atoms with E-state index in [2.05, 4.69) is 10.4 Å². The predicted molar refractivity (Wildman–Crippen MR) is 79.5 cm³/mol. The lowest BCUT2D eigenvalue weighted by Gasteiger charge is -2.09. The van der Waals surface area contributed by atoms with Gasteiger partial charge in [-0.15, -0.1) is 0 Å². The molecule has 1 aromatic heterocycles. The van der Waals surface area contributed by atoms with Gasteiger partial charge in [0.15, 0.2) is 17.3 Å². The quantitative estimate of drug-likeness (QED) is 0.901. The molecule has 23 heavy (non-hydrogen) atoms. The Morgan fingerprint density at radius 3 is 2.87 bits per heavy atom. The highest BCUT2D eigenvalue weighted by Crippen LogP contribution is 2.28. The first kappa shape index (κ1) is 15.6. The Kier molecular flexibility index (Phi) is 4.12. The van der Waals surface area contributed by atoms with Crippen LogP contribution in [-0.4, -0.2) is 33.4 Å². The lowest BCUT2D eigenvalue weighted by atomic mass is 10.2. The van der Waals surface area contributed by atoms with Gasteiger partial charge < -0.3 is 10.4 Å². The number of halogens is 2. The maximum absolute atomic E-state index is 13.5. The molecule has 0 saturated carbocycles. The van der Waals surface area contributed by atoms with Crippen LogP contribution in [0.3, 0.4) is 0 Å². The van der Waals surface area contributed by atoms with Crippen molar-refractivity contribution in [2.24, 2.45) is 0 Å². The summed E-state index contributed by atoms with van der Waals surface area (Å²) in [5, 5.41) is 16.0. The largest absolute Gasteiger partial charge is 0.394 e. The number of carbonyl (C=O) groups excluding carboxylic acids is 1. The summed E-state index contributed by atoms with van der Waals surface area (Å²) in [6.07, 6.45) is 2.33. The average Bonchev–Trinajstić information content (AvgIpc) is 3.12. The molecule has 1 aliphatic carbocycles. The molecular formula is C16H17F2N3O2. The lowest BCUT2D eigenvalue weighted by molar-refractivity contribution is 0.0916. The SMILES string of the molecule is CC(CO)NC(=O)c1nn(-c2ccc(F)c(F)c2)c2c1CCC2. The van der Waals surface area contributed by atoms with Crippen LogP contribution < -0.4 is 5.32 Å². The number of hydrogen-bond acceptors (Lipinski definition) is 3. The number of carbonyl (C=O) groups is 1. The average molecular weight is 321 g/mol. The lowest BCUT2D eigenvalue weighted by Crippen LogP contribution is -2.35. The van der Waals surface area contributed by atoms with Gasteiger partial charge in [-0.3, -0.25) is 4.79 Å². The van der Waals surface area contributed by atoms with E-state index >= 15 is 0 Å². The van der Waals surface area contributed by atoms with E-state index < -0.39 is 11.6 Å². The zero-order valence-electron chi connectivity index (χ0n) is 12.6. The molecule has 0 fully saturated rings. The Labute approximate surface area is 131 Å². The number of aliphatic hydroxyl groups is 1. The first-order valence-corrected chi connectivity index (χ1v) is 7.49. The van der Waals surface area contributed by atoms with Gasteiger partial charge in [-0.1, -0.05) is 0 Å². The first-order chi connectivity index (χ1) is 11.0. The molecule has 1 aliphatic rings. The van der Waals surface area contributed by atoms with Gasteiger partial charge in [0.25, 0.3) is 5.91 Å². The van der Waals surface area contributed by atoms with Gasteiger partial charge in [0.2, 0.25) is 0 Å². The van der Waals surface area contributed by atoms with Crippen LogP contribution in [0.5, 0.6) is 0 Å². The number of nitrogens with zero attached hydrogens (tertiary/aromatic N) is 2. The highest BCUT2D eigenvalue weighted by Gasteiger charge is 2.27. The zero-order valence-corrected chi connectivity index (χ0v) is 12.6. The van der Waals surface area contributed by atoms with E-state index in [0.717, 1.165) is 42.7 Å². The number of rotatable bonds is 4. The number of amides is 1. The Morgan fingerprint density at radius 2 is 2.17 bits per heavy atom. The van der Waals surface area contributed by atoms with E-state index in [9.17, 15) is 13.6 Å². The third-order valence-corrected chi connectivity index (χ3v) is 3.94. The summed E-state index contributed by atoms with van der Waals surface area (Å²) in [6, 6.07) is 3.16. The summed E-state index contributed by atoms with van der Waals surface area (Å²) in [5.41, 5.74) is 2.34. The van der Waals surface area contributed by atoms with Crippen molar-refractivity contribution in [3.63, 3.8) is 0 Å². The second kappa shape index (κ2) is 6.08. The maximum Gasteiger partial charge on any atom is 0.272 e. The number of benzene rings is 1. The van der Waals surface area contributed by atoms with E-state index in [0.29, 0.717) is 5.69 Å². The summed E-state index contributed by atoms with van der Waals surface area (Å²) in [7, 11) is 0. The molecule has 5 nitrogen and oxygen atoms in total. The summed E-state index contributed by atoms with van der Waals surface area (Å²) in [5.74, 6) is -2.25. The van der Waals surface area contributed by atoms with Crippen molar-refractivity contribution in [3.05, 3.63) is 46.8 Å². The molecule has 7 heteroatoms. The van der Waals surface area contributed by atoms with E-state index in [1.807, 2.05) is 0 Å². The predicted octanol–water partition coefficient (Wildman–Crippen LogP) is 1.75. The molecular weight excluding hydrogens is 304 g/mol. The molecule has 1 unspecified atom stereocenters. The van der Waals surface area contributed by atoms with Crippen molar-refractivity contribution >= 4 is 5.91 Å². The molecule has 1 heterocycles. The van der Waals surface area contributed by atoms with Crippen molar-refractivity contribution in [3.8, 4) is 5.69 Å². The molecule has 122 valence electrons. The van der Waals surface area contributed by atoms with E-state index in [1.54, 1.807) is 6.92 Å². The topological polar surface area (TPSA) is 67.2 Å². The molecule has 1 aromatic carbocycles. The monoisotopic (exact) mass is 321 g/mol. The van der Waals surface area contributed by atoms with Crippen molar-refractivity contribution in [2.75, 3.05) is 6.61 Å². The summed E-state index contributed by atoms with van der Waals surface area (Å²) >= 11 is 0. The van der Waals surface area contributed by atoms with Crippen LogP contribution in [0.2, 0.25) is 0 Å². The molecule has 2 N–H and O–H groups in total. The normalized spacial score (nSPS) is 14.6. The van der Waals surface area contributed by atoms with Crippen LogP contribution in [0.15, 0.2) is 18.2 Å². The molecule has 0 spiro atoms. The minimum Gasteiger partial charge on any atom is -0.394 e. The second-order valence-corrected chi connectivity index (χ2v) is 5.69. The summed E-state index contributed by atoms with van der Waals surface area (Å²) < 4.78 is 28.1. The molecule has 1 atom stereocenters. The van der Waals surface area contributed by atoms with Gasteiger partial charge in [0, 0.05) is 23.4 Å². The molecule has 0 radical (unpaired) electrons. The van der Waals surface area contributed by atoms with Crippen molar-refractivity contribution in [2.45, 2.75) is 32.2 Å². The minimum absolute atomic E-state index is 0.169. The Hall–Kier alpha value is -2.28. The van der Waals surface area contributed by atoms with E-state index in [4.69, 9.17) is 5.11 Å². The smallest absolute Gasteiger partial charge is 0.272 e. The Bertz CT molecular complexity index is 758. The third-order valence-electron chi connectivity index (χ3n) is 3.94. The minimum atomic E-state index is -0.954. The van der Waals surface area contributed by atoms with Gasteiger partial charge >= 0.3 is 0 Å². The highest BCUT2D eigenvalue weighted by molar-refractivity contribution is 5.94. The van der Waals surface area contributed by atoms with Gasteiger partial charge in [0.05, 0.1) is 12.3 Å². The Balaban J connectivity index is 2.01. The summed E-state index contributed by atoms with van der Waals surface area (Å²) in [4.78, 5) is 12.3. The van der Waals surface area contributed by atoms with Crippen LogP contribution in [0.25, 0.3) is 5.69 Å². The standard InChI is InChI=1S/C16H17F2N3O2/c1-9(8-22)19-16(23)15-11-3-2-4-14(11)21(20-15)10-5-6-12(17)13(18)7-10/h5-7,9,22H,2-4,8H2,1H3,(H,19,23). The highest BCUT2D eigenvalue weighted by atomic mass is 19.2. The van der Waals surface area contributed by atoms with Crippen LogP contribution in [-0.2, 0) is 12.8 Å². The second-order valence-electron chi connectivity index (χ2n) is 5.69. The van der Waals surface area contributed by atoms with E-state index in [1.165, 1.54) is 10.7 Å². The summed E-state index contributed by atoms with van der Waals surface area (Å²) in [6.45, 7) is 1.52. The van der Waals surface area contributed by atoms with E-state index in [-0.39, 0.29) is 24.2 Å². The fraction of sp³-hybridized carbons (Fsp3) is 0.375. The number of fused-ring (bicyclic) bond motifs is 1.